The molecule has 3 aromatic rings. The molecule has 0 radical (unpaired) electrons. The number of anilines is 1. The van der Waals surface area contributed by atoms with Gasteiger partial charge in [0.25, 0.3) is 0 Å². The minimum atomic E-state index is -0.317. The number of amides is 1. The van der Waals surface area contributed by atoms with Gasteiger partial charge in [-0.15, -0.1) is 0 Å². The average molecular weight is 334 g/mol. The maximum absolute atomic E-state index is 11.4. The summed E-state index contributed by atoms with van der Waals surface area (Å²) in [5.41, 5.74) is 2.70. The molecule has 126 valence electrons. The van der Waals surface area contributed by atoms with Crippen molar-refractivity contribution in [1.82, 2.24) is 20.3 Å². The zero-order valence-corrected chi connectivity index (χ0v) is 14.0. The number of hydrogen-bond acceptors (Lipinski definition) is 4. The van der Waals surface area contributed by atoms with Crippen LogP contribution in [-0.4, -0.2) is 26.8 Å². The molecule has 0 saturated carbocycles. The smallest absolute Gasteiger partial charge is 0.245 e. The Hall–Kier alpha value is -3.35. The molecule has 2 aromatic heterocycles. The van der Waals surface area contributed by atoms with Crippen molar-refractivity contribution in [3.63, 3.8) is 0 Å². The van der Waals surface area contributed by atoms with Crippen molar-refractivity contribution in [2.75, 3.05) is 5.32 Å². The average Bonchev–Trinajstić information content (AvgIpc) is 2.60. The Bertz CT molecular complexity index is 923. The first-order chi connectivity index (χ1) is 12.1. The normalized spacial score (nSPS) is 11.4. The molecule has 0 unspecified atom stereocenters. The Kier molecular flexibility index (Phi) is 4.94. The molecular weight excluding hydrogens is 316 g/mol. The Morgan fingerprint density at radius 2 is 1.88 bits per heavy atom. The van der Waals surface area contributed by atoms with Crippen molar-refractivity contribution in [2.45, 2.75) is 20.4 Å². The molecule has 2 N–H and O–H groups in total. The van der Waals surface area contributed by atoms with Crippen LogP contribution in [0.2, 0.25) is 0 Å². The summed E-state index contributed by atoms with van der Waals surface area (Å²) < 4.78 is 0. The number of fused-ring (bicyclic) bond motifs is 1. The largest absolute Gasteiger partial charge is 0.352 e. The summed E-state index contributed by atoms with van der Waals surface area (Å²) >= 11 is 0. The maximum Gasteiger partial charge on any atom is 0.245 e. The van der Waals surface area contributed by atoms with Gasteiger partial charge in [0.05, 0.1) is 11.2 Å². The van der Waals surface area contributed by atoms with Crippen LogP contribution in [0.25, 0.3) is 10.9 Å². The van der Waals surface area contributed by atoms with Gasteiger partial charge in [-0.1, -0.05) is 18.2 Å². The molecule has 0 saturated heterocycles. The predicted octanol–water partition coefficient (Wildman–Crippen LogP) is 2.44. The number of aryl methyl sites for hydroxylation is 1. The number of carbonyl (C=O) groups excluding carboxylic acids is 1. The number of pyridine rings is 1. The molecule has 0 atom stereocenters. The number of para-hydroxylation sites is 1. The quantitative estimate of drug-likeness (QED) is 0.564. The summed E-state index contributed by atoms with van der Waals surface area (Å²) in [4.78, 5) is 28.3. The molecule has 25 heavy (non-hydrogen) atoms. The van der Waals surface area contributed by atoms with Gasteiger partial charge >= 0.3 is 0 Å². The van der Waals surface area contributed by atoms with Gasteiger partial charge in [-0.05, 0) is 30.7 Å². The third kappa shape index (κ3) is 4.35. The third-order valence-corrected chi connectivity index (χ3v) is 3.50. The van der Waals surface area contributed by atoms with Crippen LogP contribution in [0.1, 0.15) is 18.2 Å². The van der Waals surface area contributed by atoms with Gasteiger partial charge in [0.15, 0.2) is 0 Å². The molecule has 7 nitrogen and oxygen atoms in total. The third-order valence-electron chi connectivity index (χ3n) is 3.50. The van der Waals surface area contributed by atoms with Gasteiger partial charge in [-0.2, -0.15) is 4.99 Å². The monoisotopic (exact) mass is 334 g/mol. The number of nitrogens with one attached hydrogen (secondary N) is 2. The second-order valence-electron chi connectivity index (χ2n) is 5.46. The summed E-state index contributed by atoms with van der Waals surface area (Å²) in [7, 11) is 0. The standard InChI is InChI=1S/C18H18N6O/c1-12-15-5-3-4-6-16(15)23-18(21-12)24-17(22-13(2)25)20-11-14-7-9-19-10-8-14/h3-10H,11H2,1-2H3,(H2,20,21,22,23,24,25). The fourth-order valence-electron chi connectivity index (χ4n) is 2.35. The number of rotatable bonds is 3. The van der Waals surface area contributed by atoms with Gasteiger partial charge in [-0.3, -0.25) is 15.1 Å². The van der Waals surface area contributed by atoms with Gasteiger partial charge in [0.1, 0.15) is 0 Å². The van der Waals surface area contributed by atoms with E-state index in [1.54, 1.807) is 12.4 Å². The maximum atomic E-state index is 11.4. The number of nitrogens with zero attached hydrogens (tertiary/aromatic N) is 4. The highest BCUT2D eigenvalue weighted by Crippen LogP contribution is 2.16. The number of benzene rings is 1. The molecule has 1 amide bonds. The van der Waals surface area contributed by atoms with E-state index in [0.29, 0.717) is 18.5 Å². The Morgan fingerprint density at radius 3 is 2.64 bits per heavy atom. The number of hydrogen-bond donors (Lipinski definition) is 2. The van der Waals surface area contributed by atoms with Crippen molar-refractivity contribution in [2.24, 2.45) is 4.99 Å². The second-order valence-corrected chi connectivity index (χ2v) is 5.46. The Morgan fingerprint density at radius 1 is 1.12 bits per heavy atom. The van der Waals surface area contributed by atoms with E-state index in [1.165, 1.54) is 6.92 Å². The van der Waals surface area contributed by atoms with Gasteiger partial charge in [0.2, 0.25) is 17.8 Å². The number of guanidine groups is 1. The topological polar surface area (TPSA) is 92.2 Å². The first kappa shape index (κ1) is 16.5. The zero-order valence-electron chi connectivity index (χ0n) is 14.0. The molecule has 1 aromatic carbocycles. The van der Waals surface area contributed by atoms with Crippen LogP contribution in [0.5, 0.6) is 0 Å². The summed E-state index contributed by atoms with van der Waals surface area (Å²) in [6, 6.07) is 11.5. The summed E-state index contributed by atoms with van der Waals surface area (Å²) in [6.07, 6.45) is 3.42. The van der Waals surface area contributed by atoms with E-state index in [2.05, 4.69) is 30.6 Å². The Balaban J connectivity index is 1.82. The van der Waals surface area contributed by atoms with E-state index >= 15 is 0 Å². The fraction of sp³-hybridized carbons (Fsp3) is 0.167. The van der Waals surface area contributed by atoms with E-state index in [-0.39, 0.29) is 5.91 Å². The van der Waals surface area contributed by atoms with Crippen molar-refractivity contribution >= 4 is 28.7 Å². The summed E-state index contributed by atoms with van der Waals surface area (Å²) in [5, 5.41) is 7.08. The molecule has 0 aliphatic rings. The minimum absolute atomic E-state index is 0.305. The molecule has 0 spiro atoms. The molecular formula is C18H18N6O. The van der Waals surface area contributed by atoms with Crippen LogP contribution in [-0.2, 0) is 11.3 Å². The SMILES string of the molecule is CC(=O)/N=C(\NCc1ccncc1)Nc1nc(C)c2ccccc2n1. The minimum Gasteiger partial charge on any atom is -0.352 e. The highest BCUT2D eigenvalue weighted by Gasteiger charge is 2.08. The molecule has 0 fully saturated rings. The lowest BCUT2D eigenvalue weighted by Crippen LogP contribution is -2.32. The molecule has 0 aliphatic carbocycles. The van der Waals surface area contributed by atoms with Crippen LogP contribution < -0.4 is 10.6 Å². The lowest BCUT2D eigenvalue weighted by molar-refractivity contribution is -0.115. The molecule has 2 heterocycles. The van der Waals surface area contributed by atoms with Crippen LogP contribution in [0.3, 0.4) is 0 Å². The van der Waals surface area contributed by atoms with Crippen molar-refractivity contribution in [3.05, 3.63) is 60.0 Å². The number of carbonyl (C=O) groups is 1. The molecule has 3 rings (SSSR count). The van der Waals surface area contributed by atoms with Crippen LogP contribution in [0.4, 0.5) is 5.95 Å². The van der Waals surface area contributed by atoms with E-state index in [9.17, 15) is 4.79 Å². The van der Waals surface area contributed by atoms with E-state index in [4.69, 9.17) is 0 Å². The summed E-state index contributed by atoms with van der Waals surface area (Å²) in [5.74, 6) is 0.375. The predicted molar refractivity (Wildman–Crippen MR) is 97.1 cm³/mol. The Labute approximate surface area is 145 Å². The van der Waals surface area contributed by atoms with Crippen LogP contribution >= 0.6 is 0 Å². The lowest BCUT2D eigenvalue weighted by atomic mass is 10.2. The summed E-state index contributed by atoms with van der Waals surface area (Å²) in [6.45, 7) is 3.80. The molecule has 0 aliphatic heterocycles. The number of aliphatic imine (C=N–C) groups is 1. The zero-order chi connectivity index (χ0) is 17.6. The highest BCUT2D eigenvalue weighted by molar-refractivity contribution is 6.00. The molecule has 7 heteroatoms. The highest BCUT2D eigenvalue weighted by atomic mass is 16.1. The van der Waals surface area contributed by atoms with Gasteiger partial charge < -0.3 is 5.32 Å². The van der Waals surface area contributed by atoms with Crippen molar-refractivity contribution in [1.29, 1.82) is 0 Å². The van der Waals surface area contributed by atoms with E-state index < -0.39 is 0 Å². The first-order valence-electron chi connectivity index (χ1n) is 7.84. The van der Waals surface area contributed by atoms with Crippen molar-refractivity contribution in [3.8, 4) is 0 Å². The van der Waals surface area contributed by atoms with E-state index in [0.717, 1.165) is 22.2 Å². The van der Waals surface area contributed by atoms with Crippen LogP contribution in [0, 0.1) is 6.92 Å². The van der Waals surface area contributed by atoms with Crippen molar-refractivity contribution < 1.29 is 4.79 Å². The fourth-order valence-corrected chi connectivity index (χ4v) is 2.35. The van der Waals surface area contributed by atoms with Gasteiger partial charge in [0, 0.05) is 31.2 Å². The lowest BCUT2D eigenvalue weighted by Gasteiger charge is -2.12. The molecule has 0 bridgehead atoms. The first-order valence-corrected chi connectivity index (χ1v) is 7.84. The van der Waals surface area contributed by atoms with E-state index in [1.807, 2.05) is 43.3 Å². The second kappa shape index (κ2) is 7.48. The van der Waals surface area contributed by atoms with Crippen LogP contribution in [0.15, 0.2) is 53.8 Å². The van der Waals surface area contributed by atoms with Gasteiger partial charge in [-0.25, -0.2) is 9.97 Å². The number of aromatic nitrogens is 3.